The number of hydrogen-bond acceptors (Lipinski definition) is 6. The first-order valence-electron chi connectivity index (χ1n) is 8.53. The lowest BCUT2D eigenvalue weighted by Gasteiger charge is -2.08. The summed E-state index contributed by atoms with van der Waals surface area (Å²) in [5.41, 5.74) is 6.34. The number of benzene rings is 2. The number of furan rings is 1. The molecule has 0 bridgehead atoms. The monoisotopic (exact) mass is 381 g/mol. The Balaban J connectivity index is 1.56. The molecule has 1 heterocycles. The second-order valence-corrected chi connectivity index (χ2v) is 5.86. The maximum absolute atomic E-state index is 12.3. The maximum Gasteiger partial charge on any atom is 0.374 e. The van der Waals surface area contributed by atoms with Crippen LogP contribution in [0.15, 0.2) is 71.3 Å². The molecule has 2 N–H and O–H groups in total. The summed E-state index contributed by atoms with van der Waals surface area (Å²) in [7, 11) is 0. The van der Waals surface area contributed by atoms with Gasteiger partial charge in [0, 0.05) is 5.56 Å². The average molecular weight is 381 g/mol. The molecule has 3 aromatic rings. The molecule has 3 rings (SSSR count). The van der Waals surface area contributed by atoms with Crippen molar-refractivity contribution in [3.63, 3.8) is 0 Å². The van der Waals surface area contributed by atoms with Crippen molar-refractivity contribution in [2.75, 3.05) is 6.61 Å². The molecule has 144 valence electrons. The molecule has 0 saturated carbocycles. The number of carbonyl (C=O) groups is 2. The lowest BCUT2D eigenvalue weighted by atomic mass is 10.2. The number of primary amides is 1. The molecular weight excluding hydrogens is 362 g/mol. The van der Waals surface area contributed by atoms with Gasteiger partial charge in [-0.2, -0.15) is 0 Å². The molecule has 0 radical (unpaired) electrons. The van der Waals surface area contributed by atoms with Gasteiger partial charge in [0.05, 0.1) is 6.26 Å². The molecule has 0 spiro atoms. The van der Waals surface area contributed by atoms with E-state index in [0.717, 1.165) is 0 Å². The van der Waals surface area contributed by atoms with Crippen LogP contribution in [0.25, 0.3) is 0 Å². The molecular formula is C21H19NO6. The Morgan fingerprint density at radius 1 is 0.893 bits per heavy atom. The fourth-order valence-electron chi connectivity index (χ4n) is 2.40. The first-order valence-corrected chi connectivity index (χ1v) is 8.53. The standard InChI is InChI=1S/C21H19NO6/c22-19(23)14-27-18-8-4-5-15(11-18)12-28-21(24)20-16(9-10-25-20)13-26-17-6-2-1-3-7-17/h1-11H,12-14H2,(H2,22,23). The highest BCUT2D eigenvalue weighted by Gasteiger charge is 2.17. The molecule has 0 fully saturated rings. The zero-order chi connectivity index (χ0) is 19.8. The van der Waals surface area contributed by atoms with Gasteiger partial charge in [-0.3, -0.25) is 4.79 Å². The fraction of sp³-hybridized carbons (Fsp3) is 0.143. The Hall–Kier alpha value is -3.74. The second-order valence-electron chi connectivity index (χ2n) is 5.86. The normalized spacial score (nSPS) is 10.3. The van der Waals surface area contributed by atoms with Gasteiger partial charge in [0.15, 0.2) is 6.61 Å². The number of para-hydroxylation sites is 1. The Bertz CT molecular complexity index is 935. The summed E-state index contributed by atoms with van der Waals surface area (Å²) in [6, 6.07) is 17.8. The van der Waals surface area contributed by atoms with Gasteiger partial charge in [0.25, 0.3) is 5.91 Å². The average Bonchev–Trinajstić information content (AvgIpc) is 3.19. The van der Waals surface area contributed by atoms with E-state index >= 15 is 0 Å². The number of amides is 1. The number of esters is 1. The Kier molecular flexibility index (Phi) is 6.30. The third-order valence-electron chi connectivity index (χ3n) is 3.72. The molecule has 28 heavy (non-hydrogen) atoms. The van der Waals surface area contributed by atoms with Crippen molar-refractivity contribution in [1.82, 2.24) is 0 Å². The quantitative estimate of drug-likeness (QED) is 0.572. The van der Waals surface area contributed by atoms with E-state index in [2.05, 4.69) is 0 Å². The van der Waals surface area contributed by atoms with E-state index in [1.54, 1.807) is 30.3 Å². The SMILES string of the molecule is NC(=O)COc1cccc(COC(=O)c2occc2COc2ccccc2)c1. The van der Waals surface area contributed by atoms with Crippen molar-refractivity contribution < 1.29 is 28.2 Å². The van der Waals surface area contributed by atoms with Crippen LogP contribution in [-0.4, -0.2) is 18.5 Å². The summed E-state index contributed by atoms with van der Waals surface area (Å²) in [6.45, 7) is -0.0198. The molecule has 7 heteroatoms. The lowest BCUT2D eigenvalue weighted by Crippen LogP contribution is -2.20. The number of carbonyl (C=O) groups excluding carboxylic acids is 2. The van der Waals surface area contributed by atoms with E-state index in [-0.39, 0.29) is 25.6 Å². The summed E-state index contributed by atoms with van der Waals surface area (Å²) in [4.78, 5) is 23.1. The largest absolute Gasteiger partial charge is 0.489 e. The molecule has 0 unspecified atom stereocenters. The Morgan fingerprint density at radius 3 is 2.46 bits per heavy atom. The Morgan fingerprint density at radius 2 is 1.68 bits per heavy atom. The van der Waals surface area contributed by atoms with Gasteiger partial charge in [-0.05, 0) is 35.9 Å². The summed E-state index contributed by atoms with van der Waals surface area (Å²) in [6.07, 6.45) is 1.42. The van der Waals surface area contributed by atoms with Gasteiger partial charge in [0.1, 0.15) is 24.7 Å². The van der Waals surface area contributed by atoms with Crippen molar-refractivity contribution >= 4 is 11.9 Å². The summed E-state index contributed by atoms with van der Waals surface area (Å²) in [5, 5.41) is 0. The zero-order valence-corrected chi connectivity index (χ0v) is 15.0. The van der Waals surface area contributed by atoms with Crippen LogP contribution in [0.2, 0.25) is 0 Å². The topological polar surface area (TPSA) is 101 Å². The molecule has 0 atom stereocenters. The van der Waals surface area contributed by atoms with Crippen LogP contribution in [0.4, 0.5) is 0 Å². The first-order chi connectivity index (χ1) is 13.6. The summed E-state index contributed by atoms with van der Waals surface area (Å²) >= 11 is 0. The van der Waals surface area contributed by atoms with Crippen molar-refractivity contribution in [3.8, 4) is 11.5 Å². The van der Waals surface area contributed by atoms with E-state index in [0.29, 0.717) is 22.6 Å². The van der Waals surface area contributed by atoms with Crippen molar-refractivity contribution in [3.05, 3.63) is 83.8 Å². The van der Waals surface area contributed by atoms with E-state index in [1.807, 2.05) is 30.3 Å². The smallest absolute Gasteiger partial charge is 0.374 e. The number of hydrogen-bond donors (Lipinski definition) is 1. The number of nitrogens with two attached hydrogens (primary N) is 1. The second kappa shape index (κ2) is 9.27. The van der Waals surface area contributed by atoms with E-state index < -0.39 is 11.9 Å². The van der Waals surface area contributed by atoms with Crippen LogP contribution >= 0.6 is 0 Å². The molecule has 0 saturated heterocycles. The highest BCUT2D eigenvalue weighted by molar-refractivity contribution is 5.87. The van der Waals surface area contributed by atoms with Gasteiger partial charge >= 0.3 is 5.97 Å². The molecule has 2 aromatic carbocycles. The zero-order valence-electron chi connectivity index (χ0n) is 15.0. The van der Waals surface area contributed by atoms with Gasteiger partial charge < -0.3 is 24.4 Å². The van der Waals surface area contributed by atoms with Crippen LogP contribution in [-0.2, 0) is 22.7 Å². The highest BCUT2D eigenvalue weighted by Crippen LogP contribution is 2.18. The van der Waals surface area contributed by atoms with Crippen LogP contribution in [0.3, 0.4) is 0 Å². The Labute approximate surface area is 161 Å². The van der Waals surface area contributed by atoms with Crippen molar-refractivity contribution in [2.45, 2.75) is 13.2 Å². The van der Waals surface area contributed by atoms with Crippen LogP contribution in [0.1, 0.15) is 21.7 Å². The molecule has 0 aliphatic rings. The minimum Gasteiger partial charge on any atom is -0.489 e. The highest BCUT2D eigenvalue weighted by atomic mass is 16.5. The lowest BCUT2D eigenvalue weighted by molar-refractivity contribution is -0.119. The summed E-state index contributed by atoms with van der Waals surface area (Å²) < 4.78 is 21.4. The predicted octanol–water partition coefficient (Wildman–Crippen LogP) is 3.08. The molecule has 1 amide bonds. The third-order valence-corrected chi connectivity index (χ3v) is 3.72. The molecule has 0 aliphatic heterocycles. The van der Waals surface area contributed by atoms with Gasteiger partial charge in [0.2, 0.25) is 5.76 Å². The summed E-state index contributed by atoms with van der Waals surface area (Å²) in [5.74, 6) is 0.0789. The minimum absolute atomic E-state index is 0.0201. The van der Waals surface area contributed by atoms with Crippen LogP contribution < -0.4 is 15.2 Å². The van der Waals surface area contributed by atoms with Gasteiger partial charge in [-0.15, -0.1) is 0 Å². The van der Waals surface area contributed by atoms with E-state index in [4.69, 9.17) is 24.4 Å². The van der Waals surface area contributed by atoms with Crippen molar-refractivity contribution in [2.24, 2.45) is 5.73 Å². The minimum atomic E-state index is -0.597. The molecule has 1 aromatic heterocycles. The molecule has 7 nitrogen and oxygen atoms in total. The third kappa shape index (κ3) is 5.38. The van der Waals surface area contributed by atoms with Gasteiger partial charge in [-0.1, -0.05) is 30.3 Å². The van der Waals surface area contributed by atoms with Gasteiger partial charge in [-0.25, -0.2) is 4.79 Å². The first kappa shape index (κ1) is 19.0. The van der Waals surface area contributed by atoms with E-state index in [9.17, 15) is 9.59 Å². The van der Waals surface area contributed by atoms with Crippen LogP contribution in [0, 0.1) is 0 Å². The van der Waals surface area contributed by atoms with Crippen molar-refractivity contribution in [1.29, 1.82) is 0 Å². The van der Waals surface area contributed by atoms with E-state index in [1.165, 1.54) is 6.26 Å². The predicted molar refractivity (Wildman–Crippen MR) is 99.7 cm³/mol. The number of rotatable bonds is 9. The fourth-order valence-corrected chi connectivity index (χ4v) is 2.40. The molecule has 0 aliphatic carbocycles. The maximum atomic E-state index is 12.3. The van der Waals surface area contributed by atoms with Crippen LogP contribution in [0.5, 0.6) is 11.5 Å². The number of ether oxygens (including phenoxy) is 3.